The molecule has 1 aromatic heterocycles. The number of halogens is 1. The number of quaternary nitrogens is 1. The third-order valence-electron chi connectivity index (χ3n) is 3.51. The van der Waals surface area contributed by atoms with Crippen molar-refractivity contribution >= 4 is 11.6 Å². The lowest BCUT2D eigenvalue weighted by Crippen LogP contribution is -3.08. The van der Waals surface area contributed by atoms with Crippen LogP contribution in [0.5, 0.6) is 0 Å². The molecule has 1 unspecified atom stereocenters. The number of nitrogens with zero attached hydrogens (tertiary/aromatic N) is 2. The molecule has 0 saturated heterocycles. The van der Waals surface area contributed by atoms with E-state index >= 15 is 0 Å². The van der Waals surface area contributed by atoms with Gasteiger partial charge in [-0.15, -0.1) is 10.2 Å². The van der Waals surface area contributed by atoms with Crippen molar-refractivity contribution in [1.29, 1.82) is 0 Å². The first kappa shape index (κ1) is 16.8. The Morgan fingerprint density at radius 3 is 2.72 bits per heavy atom. The van der Waals surface area contributed by atoms with Crippen molar-refractivity contribution in [2.45, 2.75) is 6.54 Å². The van der Waals surface area contributed by atoms with Crippen molar-refractivity contribution in [3.63, 3.8) is 0 Å². The highest BCUT2D eigenvalue weighted by Gasteiger charge is 2.15. The molecule has 3 rings (SSSR count). The van der Waals surface area contributed by atoms with Gasteiger partial charge in [0.25, 0.3) is 11.8 Å². The predicted molar refractivity (Wildman–Crippen MR) is 90.2 cm³/mol. The summed E-state index contributed by atoms with van der Waals surface area (Å²) in [5.41, 5.74) is 1.28. The molecule has 0 saturated carbocycles. The fourth-order valence-electron chi connectivity index (χ4n) is 2.39. The molecular formula is C18H18FN4O2+. The number of hydrogen-bond donors (Lipinski definition) is 2. The van der Waals surface area contributed by atoms with Gasteiger partial charge < -0.3 is 14.6 Å². The molecular weight excluding hydrogens is 323 g/mol. The third-order valence-corrected chi connectivity index (χ3v) is 3.51. The molecule has 25 heavy (non-hydrogen) atoms. The van der Waals surface area contributed by atoms with E-state index in [9.17, 15) is 9.18 Å². The summed E-state index contributed by atoms with van der Waals surface area (Å²) in [5.74, 6) is 0.297. The Kier molecular flexibility index (Phi) is 5.15. The second-order valence-electron chi connectivity index (χ2n) is 5.74. The monoisotopic (exact) mass is 341 g/mol. The number of anilines is 1. The second-order valence-corrected chi connectivity index (χ2v) is 5.74. The number of nitrogens with one attached hydrogen (secondary N) is 2. The van der Waals surface area contributed by atoms with E-state index < -0.39 is 5.82 Å². The summed E-state index contributed by atoms with van der Waals surface area (Å²) < 4.78 is 18.8. The van der Waals surface area contributed by atoms with Crippen molar-refractivity contribution in [1.82, 2.24) is 10.2 Å². The maximum absolute atomic E-state index is 13.1. The number of rotatable bonds is 6. The standard InChI is InChI=1S/C18H17FN4O2/c1-23(11-16(24)20-15-9-5-8-14(19)10-15)12-17-21-22-18(25-17)13-6-3-2-4-7-13/h2-10H,11-12H2,1H3,(H,20,24)/p+1. The minimum Gasteiger partial charge on any atom is -0.415 e. The van der Waals surface area contributed by atoms with Gasteiger partial charge in [0, 0.05) is 11.3 Å². The number of aromatic nitrogens is 2. The van der Waals surface area contributed by atoms with Crippen LogP contribution in [0.15, 0.2) is 59.0 Å². The number of carbonyl (C=O) groups excluding carboxylic acids is 1. The van der Waals surface area contributed by atoms with Crippen LogP contribution in [0.25, 0.3) is 11.5 Å². The molecule has 1 amide bonds. The van der Waals surface area contributed by atoms with Crippen LogP contribution in [-0.4, -0.2) is 29.7 Å². The maximum Gasteiger partial charge on any atom is 0.279 e. The lowest BCUT2D eigenvalue weighted by molar-refractivity contribution is -0.886. The number of hydrogen-bond acceptors (Lipinski definition) is 4. The molecule has 0 spiro atoms. The molecule has 1 atom stereocenters. The summed E-state index contributed by atoms with van der Waals surface area (Å²) in [6.45, 7) is 0.607. The number of likely N-dealkylation sites (N-methyl/N-ethyl adjacent to an activating group) is 1. The zero-order valence-corrected chi connectivity index (χ0v) is 13.7. The highest BCUT2D eigenvalue weighted by molar-refractivity contribution is 5.91. The van der Waals surface area contributed by atoms with Gasteiger partial charge in [0.2, 0.25) is 5.89 Å². The van der Waals surface area contributed by atoms with Gasteiger partial charge in [-0.05, 0) is 30.3 Å². The Balaban J connectivity index is 1.55. The Labute approximate surface area is 144 Å². The predicted octanol–water partition coefficient (Wildman–Crippen LogP) is 1.53. The Hall–Kier alpha value is -3.06. The molecule has 2 N–H and O–H groups in total. The second kappa shape index (κ2) is 7.67. The fourth-order valence-corrected chi connectivity index (χ4v) is 2.39. The van der Waals surface area contributed by atoms with E-state index in [0.29, 0.717) is 24.0 Å². The van der Waals surface area contributed by atoms with Gasteiger partial charge in [-0.25, -0.2) is 4.39 Å². The van der Waals surface area contributed by atoms with Crippen molar-refractivity contribution in [3.05, 3.63) is 66.3 Å². The minimum absolute atomic E-state index is 0.194. The minimum atomic E-state index is -0.391. The van der Waals surface area contributed by atoms with Gasteiger partial charge in [-0.1, -0.05) is 24.3 Å². The van der Waals surface area contributed by atoms with E-state index in [1.165, 1.54) is 12.1 Å². The first-order chi connectivity index (χ1) is 12.1. The van der Waals surface area contributed by atoms with E-state index in [1.54, 1.807) is 12.1 Å². The molecule has 0 aliphatic carbocycles. The summed E-state index contributed by atoms with van der Waals surface area (Å²) in [6, 6.07) is 15.3. The zero-order valence-electron chi connectivity index (χ0n) is 13.7. The Morgan fingerprint density at radius 1 is 1.16 bits per heavy atom. The first-order valence-corrected chi connectivity index (χ1v) is 7.84. The molecule has 0 bridgehead atoms. The molecule has 0 fully saturated rings. The SMILES string of the molecule is C[NH+](CC(=O)Nc1cccc(F)c1)Cc1nnc(-c2ccccc2)o1. The Bertz CT molecular complexity index is 851. The fraction of sp³-hybridized carbons (Fsp3) is 0.167. The highest BCUT2D eigenvalue weighted by atomic mass is 19.1. The summed E-state index contributed by atoms with van der Waals surface area (Å²) in [6.07, 6.45) is 0. The largest absolute Gasteiger partial charge is 0.415 e. The van der Waals surface area contributed by atoms with Crippen LogP contribution in [0.4, 0.5) is 10.1 Å². The molecule has 128 valence electrons. The molecule has 0 aliphatic heterocycles. The van der Waals surface area contributed by atoms with E-state index in [4.69, 9.17) is 4.42 Å². The van der Waals surface area contributed by atoms with E-state index in [0.717, 1.165) is 10.5 Å². The third kappa shape index (κ3) is 4.71. The summed E-state index contributed by atoms with van der Waals surface area (Å²) in [7, 11) is 1.84. The molecule has 7 heteroatoms. The van der Waals surface area contributed by atoms with Crippen LogP contribution < -0.4 is 10.2 Å². The number of amides is 1. The topological polar surface area (TPSA) is 72.5 Å². The van der Waals surface area contributed by atoms with Gasteiger partial charge in [-0.2, -0.15) is 0 Å². The van der Waals surface area contributed by atoms with Crippen LogP contribution in [-0.2, 0) is 11.3 Å². The summed E-state index contributed by atoms with van der Waals surface area (Å²) in [5, 5.41) is 10.7. The normalized spacial score (nSPS) is 11.9. The average molecular weight is 341 g/mol. The smallest absolute Gasteiger partial charge is 0.279 e. The first-order valence-electron chi connectivity index (χ1n) is 7.84. The van der Waals surface area contributed by atoms with Crippen LogP contribution in [0.1, 0.15) is 5.89 Å². The summed E-state index contributed by atoms with van der Waals surface area (Å²) in [4.78, 5) is 12.9. The van der Waals surface area contributed by atoms with Crippen molar-refractivity contribution in [2.75, 3.05) is 18.9 Å². The van der Waals surface area contributed by atoms with E-state index in [1.807, 2.05) is 37.4 Å². The van der Waals surface area contributed by atoms with Gasteiger partial charge >= 0.3 is 0 Å². The number of carbonyl (C=O) groups is 1. The van der Waals surface area contributed by atoms with Crippen LogP contribution in [0.2, 0.25) is 0 Å². The van der Waals surface area contributed by atoms with Gasteiger partial charge in [-0.3, -0.25) is 4.79 Å². The van der Waals surface area contributed by atoms with Crippen LogP contribution in [0, 0.1) is 5.82 Å². The van der Waals surface area contributed by atoms with Gasteiger partial charge in [0.05, 0.1) is 7.05 Å². The summed E-state index contributed by atoms with van der Waals surface area (Å²) >= 11 is 0. The van der Waals surface area contributed by atoms with Gasteiger partial charge in [0.15, 0.2) is 13.1 Å². The highest BCUT2D eigenvalue weighted by Crippen LogP contribution is 2.16. The zero-order chi connectivity index (χ0) is 17.6. The van der Waals surface area contributed by atoms with Gasteiger partial charge in [0.1, 0.15) is 5.82 Å². The quantitative estimate of drug-likeness (QED) is 0.713. The number of benzene rings is 2. The van der Waals surface area contributed by atoms with Crippen LogP contribution in [0.3, 0.4) is 0 Å². The van der Waals surface area contributed by atoms with E-state index in [-0.39, 0.29) is 12.5 Å². The van der Waals surface area contributed by atoms with Crippen molar-refractivity contribution in [3.8, 4) is 11.5 Å². The Morgan fingerprint density at radius 2 is 1.96 bits per heavy atom. The molecule has 3 aromatic rings. The molecule has 0 aliphatic rings. The van der Waals surface area contributed by atoms with E-state index in [2.05, 4.69) is 15.5 Å². The average Bonchev–Trinajstić information content (AvgIpc) is 3.03. The maximum atomic E-state index is 13.1. The molecule has 0 radical (unpaired) electrons. The molecule has 2 aromatic carbocycles. The molecule has 1 heterocycles. The molecule has 6 nitrogen and oxygen atoms in total. The van der Waals surface area contributed by atoms with Crippen molar-refractivity contribution in [2.24, 2.45) is 0 Å². The lowest BCUT2D eigenvalue weighted by atomic mass is 10.2. The van der Waals surface area contributed by atoms with Crippen molar-refractivity contribution < 1.29 is 18.5 Å². The van der Waals surface area contributed by atoms with Crippen LogP contribution >= 0.6 is 0 Å². The lowest BCUT2D eigenvalue weighted by Gasteiger charge is -2.11.